The standard InChI is InChI=1S/C29H45NO2/c1-7-20(18(2)3)9-8-19(4)23-10-11-24-22-17-27(31)26-16-21(30-32)12-14-29(26,6)25(22)13-15-28(23,24)5/h8-9,16,18-20,22-25,32H,7,10-15,17H2,1-6H3/b9-8?,30-21-/t19-,20-,22+,23-,24+,25+,28-,29-/m1/s1. The van der Waals surface area contributed by atoms with Gasteiger partial charge in [0.2, 0.25) is 0 Å². The molecule has 4 rings (SSSR count). The van der Waals surface area contributed by atoms with Crippen LogP contribution in [0.15, 0.2) is 29.0 Å². The average Bonchev–Trinajstić information content (AvgIpc) is 3.11. The Balaban J connectivity index is 1.56. The van der Waals surface area contributed by atoms with Gasteiger partial charge in [-0.15, -0.1) is 0 Å². The third-order valence-corrected chi connectivity index (χ3v) is 10.6. The highest BCUT2D eigenvalue weighted by atomic mass is 16.4. The van der Waals surface area contributed by atoms with Gasteiger partial charge in [0.1, 0.15) is 0 Å². The second-order valence-electron chi connectivity index (χ2n) is 12.4. The van der Waals surface area contributed by atoms with E-state index in [4.69, 9.17) is 0 Å². The van der Waals surface area contributed by atoms with Crippen molar-refractivity contribution in [3.8, 4) is 0 Å². The van der Waals surface area contributed by atoms with Crippen molar-refractivity contribution in [1.82, 2.24) is 0 Å². The van der Waals surface area contributed by atoms with E-state index < -0.39 is 0 Å². The Hall–Kier alpha value is -1.38. The van der Waals surface area contributed by atoms with Gasteiger partial charge in [-0.25, -0.2) is 0 Å². The predicted molar refractivity (Wildman–Crippen MR) is 132 cm³/mol. The van der Waals surface area contributed by atoms with Gasteiger partial charge >= 0.3 is 0 Å². The van der Waals surface area contributed by atoms with Crippen molar-refractivity contribution >= 4 is 11.5 Å². The van der Waals surface area contributed by atoms with Crippen molar-refractivity contribution in [1.29, 1.82) is 0 Å². The maximum Gasteiger partial charge on any atom is 0.159 e. The maximum atomic E-state index is 13.3. The SMILES string of the molecule is CC[C@H](C=C[C@@H](C)[C@H]1CC[C@H]2[C@@H]3CC(=O)C4=C/C(=N\O)CC[C@]4(C)[C@H]3CC[C@]12C)C(C)C. The van der Waals surface area contributed by atoms with E-state index in [-0.39, 0.29) is 5.41 Å². The topological polar surface area (TPSA) is 49.7 Å². The number of oxime groups is 1. The molecule has 0 saturated heterocycles. The first-order valence-electron chi connectivity index (χ1n) is 13.3. The molecule has 4 aliphatic rings. The van der Waals surface area contributed by atoms with Crippen LogP contribution in [0.4, 0.5) is 0 Å². The molecular formula is C29H45NO2. The van der Waals surface area contributed by atoms with Crippen molar-refractivity contribution in [3.63, 3.8) is 0 Å². The molecule has 0 aromatic heterocycles. The lowest BCUT2D eigenvalue weighted by molar-refractivity contribution is -0.128. The Bertz CT molecular complexity index is 823. The van der Waals surface area contributed by atoms with Crippen LogP contribution in [0.25, 0.3) is 0 Å². The van der Waals surface area contributed by atoms with Gasteiger partial charge in [-0.1, -0.05) is 58.9 Å². The van der Waals surface area contributed by atoms with Crippen molar-refractivity contribution in [2.24, 2.45) is 57.4 Å². The van der Waals surface area contributed by atoms with Crippen molar-refractivity contribution in [3.05, 3.63) is 23.8 Å². The number of hydrogen-bond acceptors (Lipinski definition) is 3. The van der Waals surface area contributed by atoms with Crippen molar-refractivity contribution in [2.75, 3.05) is 0 Å². The van der Waals surface area contributed by atoms with E-state index in [0.29, 0.717) is 58.8 Å². The molecule has 0 aliphatic heterocycles. The molecular weight excluding hydrogens is 394 g/mol. The smallest absolute Gasteiger partial charge is 0.159 e. The van der Waals surface area contributed by atoms with E-state index in [1.54, 1.807) is 0 Å². The number of Topliss-reactive ketones (excluding diaryl/α,β-unsaturated/α-hetero) is 1. The van der Waals surface area contributed by atoms with Crippen LogP contribution in [-0.2, 0) is 4.79 Å². The van der Waals surface area contributed by atoms with Crippen LogP contribution in [0.1, 0.15) is 92.9 Å². The predicted octanol–water partition coefficient (Wildman–Crippen LogP) is 7.45. The summed E-state index contributed by atoms with van der Waals surface area (Å²) < 4.78 is 0. The first-order chi connectivity index (χ1) is 15.2. The lowest BCUT2D eigenvalue weighted by Crippen LogP contribution is -2.53. The molecule has 0 heterocycles. The lowest BCUT2D eigenvalue weighted by Gasteiger charge is -2.58. The van der Waals surface area contributed by atoms with Crippen molar-refractivity contribution in [2.45, 2.75) is 92.9 Å². The number of carbonyl (C=O) groups is 1. The zero-order valence-electron chi connectivity index (χ0n) is 21.2. The Morgan fingerprint density at radius 2 is 1.88 bits per heavy atom. The first-order valence-corrected chi connectivity index (χ1v) is 13.3. The van der Waals surface area contributed by atoms with E-state index in [9.17, 15) is 10.0 Å². The van der Waals surface area contributed by atoms with Gasteiger partial charge in [-0.3, -0.25) is 4.79 Å². The number of ketones is 1. The Morgan fingerprint density at radius 3 is 2.53 bits per heavy atom. The number of carbonyl (C=O) groups excluding carboxylic acids is 1. The third-order valence-electron chi connectivity index (χ3n) is 10.6. The molecule has 0 amide bonds. The summed E-state index contributed by atoms with van der Waals surface area (Å²) in [6.07, 6.45) is 15.7. The molecule has 3 heteroatoms. The molecule has 3 saturated carbocycles. The van der Waals surface area contributed by atoms with Crippen LogP contribution in [0.5, 0.6) is 0 Å². The molecule has 0 unspecified atom stereocenters. The maximum absolute atomic E-state index is 13.3. The summed E-state index contributed by atoms with van der Waals surface area (Å²) >= 11 is 0. The molecule has 3 fully saturated rings. The summed E-state index contributed by atoms with van der Waals surface area (Å²) in [6.45, 7) is 14.3. The summed E-state index contributed by atoms with van der Waals surface area (Å²) in [6, 6.07) is 0. The van der Waals surface area contributed by atoms with Crippen LogP contribution in [0.3, 0.4) is 0 Å². The number of fused-ring (bicyclic) bond motifs is 5. The van der Waals surface area contributed by atoms with E-state index in [2.05, 4.69) is 58.9 Å². The Kier molecular flexibility index (Phi) is 6.51. The fourth-order valence-electron chi connectivity index (χ4n) is 8.66. The van der Waals surface area contributed by atoms with E-state index in [1.165, 1.54) is 32.1 Å². The number of nitrogens with zero attached hydrogens (tertiary/aromatic N) is 1. The zero-order valence-corrected chi connectivity index (χ0v) is 21.2. The monoisotopic (exact) mass is 439 g/mol. The molecule has 0 aromatic rings. The molecule has 0 aromatic carbocycles. The second-order valence-corrected chi connectivity index (χ2v) is 12.4. The minimum absolute atomic E-state index is 0.0370. The van der Waals surface area contributed by atoms with E-state index >= 15 is 0 Å². The summed E-state index contributed by atoms with van der Waals surface area (Å²) in [5.41, 5.74) is 1.95. The molecule has 4 aliphatic carbocycles. The van der Waals surface area contributed by atoms with E-state index in [1.807, 2.05) is 6.08 Å². The van der Waals surface area contributed by atoms with Gasteiger partial charge in [0, 0.05) is 12.0 Å². The molecule has 0 bridgehead atoms. The minimum atomic E-state index is -0.0370. The molecule has 178 valence electrons. The highest BCUT2D eigenvalue weighted by Gasteiger charge is 2.60. The molecule has 0 radical (unpaired) electrons. The second kappa shape index (κ2) is 8.76. The Morgan fingerprint density at radius 1 is 1.12 bits per heavy atom. The molecule has 32 heavy (non-hydrogen) atoms. The van der Waals surface area contributed by atoms with Crippen LogP contribution in [0, 0.1) is 52.3 Å². The largest absolute Gasteiger partial charge is 0.411 e. The van der Waals surface area contributed by atoms with Crippen molar-refractivity contribution < 1.29 is 10.0 Å². The van der Waals surface area contributed by atoms with Gasteiger partial charge in [0.05, 0.1) is 5.71 Å². The highest BCUT2D eigenvalue weighted by molar-refractivity contribution is 6.07. The summed E-state index contributed by atoms with van der Waals surface area (Å²) in [4.78, 5) is 13.3. The fraction of sp³-hybridized carbons (Fsp3) is 0.793. The number of hydrogen-bond donors (Lipinski definition) is 1. The van der Waals surface area contributed by atoms with Gasteiger partial charge in [0.15, 0.2) is 5.78 Å². The minimum Gasteiger partial charge on any atom is -0.411 e. The van der Waals surface area contributed by atoms with Crippen LogP contribution >= 0.6 is 0 Å². The number of allylic oxidation sites excluding steroid dienone is 4. The summed E-state index contributed by atoms with van der Waals surface area (Å²) in [7, 11) is 0. The lowest BCUT2D eigenvalue weighted by atomic mass is 9.46. The quantitative estimate of drug-likeness (QED) is 0.275. The van der Waals surface area contributed by atoms with E-state index in [0.717, 1.165) is 24.3 Å². The van der Waals surface area contributed by atoms with Gasteiger partial charge < -0.3 is 5.21 Å². The summed E-state index contributed by atoms with van der Waals surface area (Å²) in [5, 5.41) is 12.7. The van der Waals surface area contributed by atoms with Crippen LogP contribution in [-0.4, -0.2) is 16.7 Å². The molecule has 1 N–H and O–H groups in total. The van der Waals surface area contributed by atoms with Gasteiger partial charge in [-0.2, -0.15) is 0 Å². The first kappa shape index (κ1) is 23.8. The number of rotatable bonds is 5. The van der Waals surface area contributed by atoms with Gasteiger partial charge in [0.25, 0.3) is 0 Å². The Labute approximate surface area is 195 Å². The van der Waals surface area contributed by atoms with Crippen LogP contribution < -0.4 is 0 Å². The fourth-order valence-corrected chi connectivity index (χ4v) is 8.66. The van der Waals surface area contributed by atoms with Gasteiger partial charge in [-0.05, 0) is 103 Å². The normalized spacial score (nSPS) is 42.5. The summed E-state index contributed by atoms with van der Waals surface area (Å²) in [5.74, 6) is 4.83. The third kappa shape index (κ3) is 3.72. The highest BCUT2D eigenvalue weighted by Crippen LogP contribution is 2.67. The molecule has 8 atom stereocenters. The zero-order chi connectivity index (χ0) is 23.3. The molecule has 3 nitrogen and oxygen atoms in total. The average molecular weight is 440 g/mol. The molecule has 0 spiro atoms. The van der Waals surface area contributed by atoms with Crippen LogP contribution in [0.2, 0.25) is 0 Å².